The van der Waals surface area contributed by atoms with Gasteiger partial charge in [0.15, 0.2) is 0 Å². The summed E-state index contributed by atoms with van der Waals surface area (Å²) in [6, 6.07) is 11.0. The van der Waals surface area contributed by atoms with Crippen LogP contribution >= 0.6 is 0 Å². The third-order valence-electron chi connectivity index (χ3n) is 5.56. The maximum absolute atomic E-state index is 2.69. The van der Waals surface area contributed by atoms with Gasteiger partial charge in [-0.25, -0.2) is 0 Å². The van der Waals surface area contributed by atoms with Crippen molar-refractivity contribution in [1.29, 1.82) is 0 Å². The fourth-order valence-electron chi connectivity index (χ4n) is 4.50. The van der Waals surface area contributed by atoms with Crippen molar-refractivity contribution in [3.63, 3.8) is 0 Å². The van der Waals surface area contributed by atoms with E-state index in [4.69, 9.17) is 0 Å². The number of aryl methyl sites for hydroxylation is 1. The van der Waals surface area contributed by atoms with Crippen LogP contribution in [0.1, 0.15) is 56.1 Å². The van der Waals surface area contributed by atoms with Gasteiger partial charge in [-0.2, -0.15) is 0 Å². The lowest BCUT2D eigenvalue weighted by atomic mass is 9.74. The monoisotopic (exact) mass is 257 g/mol. The molecule has 2 aliphatic rings. The molecule has 2 bridgehead atoms. The van der Waals surface area contributed by atoms with Crippen LogP contribution in [0, 0.1) is 12.8 Å². The van der Waals surface area contributed by atoms with E-state index in [9.17, 15) is 0 Å². The Kier molecular flexibility index (Phi) is 3.66. The molecule has 1 heteroatoms. The van der Waals surface area contributed by atoms with Crippen molar-refractivity contribution in [2.75, 3.05) is 7.05 Å². The quantitative estimate of drug-likeness (QED) is 0.777. The molecule has 0 saturated carbocycles. The normalized spacial score (nSPS) is 34.7. The molecule has 3 rings (SSSR count). The standard InChI is InChI=1S/C18H27N/c1-4-5-16-17(14-8-6-13(2)7-9-14)12-15-10-11-18(16)19(15)3/h6-9,15-18H,4-5,10-12H2,1-3H3/t15-,16+,17?,18?/m1/s1. The molecule has 104 valence electrons. The van der Waals surface area contributed by atoms with E-state index >= 15 is 0 Å². The van der Waals surface area contributed by atoms with Crippen LogP contribution in [0.5, 0.6) is 0 Å². The molecule has 2 saturated heterocycles. The maximum atomic E-state index is 2.69. The molecule has 0 aromatic heterocycles. The molecule has 4 atom stereocenters. The highest BCUT2D eigenvalue weighted by Crippen LogP contribution is 2.47. The van der Waals surface area contributed by atoms with Gasteiger partial charge in [-0.05, 0) is 57.1 Å². The van der Waals surface area contributed by atoms with Crippen LogP contribution in [-0.4, -0.2) is 24.0 Å². The number of hydrogen-bond acceptors (Lipinski definition) is 1. The summed E-state index contributed by atoms with van der Waals surface area (Å²) in [5.74, 6) is 1.67. The van der Waals surface area contributed by atoms with Gasteiger partial charge in [0.05, 0.1) is 0 Å². The van der Waals surface area contributed by atoms with E-state index in [1.165, 1.54) is 37.7 Å². The molecule has 1 aromatic rings. The van der Waals surface area contributed by atoms with Gasteiger partial charge in [0, 0.05) is 12.1 Å². The van der Waals surface area contributed by atoms with Crippen LogP contribution in [0.4, 0.5) is 0 Å². The topological polar surface area (TPSA) is 3.24 Å². The summed E-state index contributed by atoms with van der Waals surface area (Å²) in [7, 11) is 2.36. The first kappa shape index (κ1) is 13.2. The number of benzene rings is 1. The summed E-state index contributed by atoms with van der Waals surface area (Å²) in [4.78, 5) is 2.69. The van der Waals surface area contributed by atoms with Crippen LogP contribution in [0.15, 0.2) is 24.3 Å². The van der Waals surface area contributed by atoms with Gasteiger partial charge in [0.2, 0.25) is 0 Å². The molecular formula is C18H27N. The fourth-order valence-corrected chi connectivity index (χ4v) is 4.50. The Bertz CT molecular complexity index is 422. The lowest BCUT2D eigenvalue weighted by molar-refractivity contribution is 0.0940. The van der Waals surface area contributed by atoms with E-state index in [1.54, 1.807) is 5.56 Å². The summed E-state index contributed by atoms with van der Waals surface area (Å²) >= 11 is 0. The highest BCUT2D eigenvalue weighted by atomic mass is 15.2. The third kappa shape index (κ3) is 2.33. The first-order chi connectivity index (χ1) is 9.20. The second-order valence-electron chi connectivity index (χ2n) is 6.67. The minimum absolute atomic E-state index is 0.800. The lowest BCUT2D eigenvalue weighted by Crippen LogP contribution is -2.45. The Hall–Kier alpha value is -0.820. The highest BCUT2D eigenvalue weighted by Gasteiger charge is 2.45. The molecule has 1 nitrogen and oxygen atoms in total. The SMILES string of the molecule is CCC[C@H]1C(c2ccc(C)cc2)C[C@H]2CCC1N2C. The van der Waals surface area contributed by atoms with Crippen molar-refractivity contribution in [2.45, 2.75) is 64.0 Å². The Balaban J connectivity index is 1.88. The second-order valence-corrected chi connectivity index (χ2v) is 6.67. The number of nitrogens with zero attached hydrogens (tertiary/aromatic N) is 1. The summed E-state index contributed by atoms with van der Waals surface area (Å²) in [5.41, 5.74) is 2.97. The summed E-state index contributed by atoms with van der Waals surface area (Å²) in [6.45, 7) is 4.53. The molecule has 2 heterocycles. The molecule has 1 aromatic carbocycles. The van der Waals surface area contributed by atoms with Crippen molar-refractivity contribution < 1.29 is 0 Å². The molecular weight excluding hydrogens is 230 g/mol. The Morgan fingerprint density at radius 3 is 2.58 bits per heavy atom. The van der Waals surface area contributed by atoms with E-state index < -0.39 is 0 Å². The number of hydrogen-bond donors (Lipinski definition) is 0. The lowest BCUT2D eigenvalue weighted by Gasteiger charge is -2.43. The molecule has 2 unspecified atom stereocenters. The Morgan fingerprint density at radius 1 is 1.16 bits per heavy atom. The van der Waals surface area contributed by atoms with Crippen LogP contribution in [0.25, 0.3) is 0 Å². The first-order valence-corrected chi connectivity index (χ1v) is 7.99. The smallest absolute Gasteiger partial charge is 0.0130 e. The van der Waals surface area contributed by atoms with Crippen molar-refractivity contribution in [3.8, 4) is 0 Å². The molecule has 0 spiro atoms. The van der Waals surface area contributed by atoms with Gasteiger partial charge >= 0.3 is 0 Å². The zero-order valence-corrected chi connectivity index (χ0v) is 12.6. The fraction of sp³-hybridized carbons (Fsp3) is 0.667. The highest BCUT2D eigenvalue weighted by molar-refractivity contribution is 5.27. The third-order valence-corrected chi connectivity index (χ3v) is 5.56. The Morgan fingerprint density at radius 2 is 1.89 bits per heavy atom. The van der Waals surface area contributed by atoms with Crippen molar-refractivity contribution in [1.82, 2.24) is 4.90 Å². The van der Waals surface area contributed by atoms with Gasteiger partial charge in [0.25, 0.3) is 0 Å². The summed E-state index contributed by atoms with van der Waals surface area (Å²) < 4.78 is 0. The van der Waals surface area contributed by atoms with E-state index in [-0.39, 0.29) is 0 Å². The van der Waals surface area contributed by atoms with E-state index in [1.807, 2.05) is 0 Å². The Labute approximate surface area is 118 Å². The van der Waals surface area contributed by atoms with Crippen LogP contribution in [0.2, 0.25) is 0 Å². The van der Waals surface area contributed by atoms with Crippen LogP contribution in [0.3, 0.4) is 0 Å². The maximum Gasteiger partial charge on any atom is 0.0130 e. The van der Waals surface area contributed by atoms with Gasteiger partial charge in [0.1, 0.15) is 0 Å². The average molecular weight is 257 g/mol. The van der Waals surface area contributed by atoms with Crippen molar-refractivity contribution in [2.24, 2.45) is 5.92 Å². The molecule has 0 amide bonds. The second kappa shape index (κ2) is 5.28. The number of piperidine rings is 1. The van der Waals surface area contributed by atoms with Crippen LogP contribution < -0.4 is 0 Å². The number of rotatable bonds is 3. The predicted molar refractivity (Wildman–Crippen MR) is 81.5 cm³/mol. The zero-order chi connectivity index (χ0) is 13.4. The molecule has 2 fully saturated rings. The molecule has 0 N–H and O–H groups in total. The molecule has 0 radical (unpaired) electrons. The van der Waals surface area contributed by atoms with Gasteiger partial charge in [-0.1, -0.05) is 43.2 Å². The summed E-state index contributed by atoms with van der Waals surface area (Å²) in [5, 5.41) is 0. The zero-order valence-electron chi connectivity index (χ0n) is 12.6. The van der Waals surface area contributed by atoms with Gasteiger partial charge in [-0.3, -0.25) is 0 Å². The minimum atomic E-state index is 0.800. The van der Waals surface area contributed by atoms with Crippen molar-refractivity contribution >= 4 is 0 Å². The minimum Gasteiger partial charge on any atom is -0.300 e. The molecule has 2 aliphatic heterocycles. The summed E-state index contributed by atoms with van der Waals surface area (Å²) in [6.07, 6.45) is 6.93. The molecule has 19 heavy (non-hydrogen) atoms. The largest absolute Gasteiger partial charge is 0.300 e. The van der Waals surface area contributed by atoms with Gasteiger partial charge in [-0.15, -0.1) is 0 Å². The van der Waals surface area contributed by atoms with E-state index in [2.05, 4.69) is 50.1 Å². The predicted octanol–water partition coefficient (Wildman–Crippen LogP) is 4.36. The van der Waals surface area contributed by atoms with E-state index in [0.717, 1.165) is 23.9 Å². The van der Waals surface area contributed by atoms with Gasteiger partial charge < -0.3 is 4.90 Å². The average Bonchev–Trinajstić information content (AvgIpc) is 2.65. The number of fused-ring (bicyclic) bond motifs is 2. The van der Waals surface area contributed by atoms with Crippen LogP contribution in [-0.2, 0) is 0 Å². The molecule has 0 aliphatic carbocycles. The first-order valence-electron chi connectivity index (χ1n) is 7.99. The van der Waals surface area contributed by atoms with E-state index in [0.29, 0.717) is 0 Å². The van der Waals surface area contributed by atoms with Crippen molar-refractivity contribution in [3.05, 3.63) is 35.4 Å².